The van der Waals surface area contributed by atoms with Crippen LogP contribution < -0.4 is 11.1 Å². The van der Waals surface area contributed by atoms with E-state index in [0.29, 0.717) is 10.7 Å². The minimum absolute atomic E-state index is 0.246. The molecule has 0 aliphatic heterocycles. The van der Waals surface area contributed by atoms with Crippen molar-refractivity contribution in [1.29, 1.82) is 0 Å². The Hall–Kier alpha value is -2.27. The monoisotopic (exact) mass is 259 g/mol. The highest BCUT2D eigenvalue weighted by Crippen LogP contribution is 2.20. The van der Waals surface area contributed by atoms with Crippen molar-refractivity contribution in [2.24, 2.45) is 0 Å². The summed E-state index contributed by atoms with van der Waals surface area (Å²) in [6, 6.07) is 13.1. The lowest BCUT2D eigenvalue weighted by atomic mass is 10.3. The van der Waals surface area contributed by atoms with Crippen molar-refractivity contribution in [1.82, 2.24) is 14.6 Å². The van der Waals surface area contributed by atoms with Crippen molar-refractivity contribution in [3.05, 3.63) is 47.5 Å². The summed E-state index contributed by atoms with van der Waals surface area (Å²) in [5.74, 6) is 1.02. The number of fused-ring (bicyclic) bond motifs is 1. The molecule has 0 atom stereocenters. The second-order valence-corrected chi connectivity index (χ2v) is 4.22. The van der Waals surface area contributed by atoms with Gasteiger partial charge in [0.15, 0.2) is 5.65 Å². The smallest absolute Gasteiger partial charge is 0.240 e. The van der Waals surface area contributed by atoms with Crippen molar-refractivity contribution in [3.63, 3.8) is 0 Å². The van der Waals surface area contributed by atoms with Crippen LogP contribution in [0.1, 0.15) is 0 Å². The molecule has 0 amide bonds. The molecule has 0 bridgehead atoms. The molecule has 0 aliphatic carbocycles. The van der Waals surface area contributed by atoms with E-state index < -0.39 is 0 Å². The van der Waals surface area contributed by atoms with E-state index in [4.69, 9.17) is 17.3 Å². The number of pyridine rings is 1. The van der Waals surface area contributed by atoms with Gasteiger partial charge < -0.3 is 11.1 Å². The molecule has 18 heavy (non-hydrogen) atoms. The molecule has 3 rings (SSSR count). The second kappa shape index (κ2) is 4.19. The molecule has 0 spiro atoms. The summed E-state index contributed by atoms with van der Waals surface area (Å²) in [7, 11) is 0. The summed E-state index contributed by atoms with van der Waals surface area (Å²) < 4.78 is 1.65. The molecule has 90 valence electrons. The number of nitrogen functional groups attached to an aromatic ring is 1. The van der Waals surface area contributed by atoms with Crippen molar-refractivity contribution in [3.8, 4) is 0 Å². The van der Waals surface area contributed by atoms with Gasteiger partial charge in [0.2, 0.25) is 5.95 Å². The Morgan fingerprint density at radius 2 is 2.00 bits per heavy atom. The third kappa shape index (κ3) is 1.96. The fourth-order valence-electron chi connectivity index (χ4n) is 1.73. The van der Waals surface area contributed by atoms with Gasteiger partial charge in [-0.15, -0.1) is 5.10 Å². The van der Waals surface area contributed by atoms with Crippen LogP contribution in [0, 0.1) is 0 Å². The van der Waals surface area contributed by atoms with Crippen LogP contribution in [0.5, 0.6) is 0 Å². The molecule has 3 aromatic rings. The molecule has 2 heterocycles. The van der Waals surface area contributed by atoms with Crippen molar-refractivity contribution in [2.75, 3.05) is 11.1 Å². The number of aromatic nitrogens is 3. The van der Waals surface area contributed by atoms with Crippen LogP contribution in [-0.2, 0) is 0 Å². The highest BCUT2D eigenvalue weighted by molar-refractivity contribution is 6.30. The zero-order chi connectivity index (χ0) is 12.5. The molecule has 2 aromatic heterocycles. The highest BCUT2D eigenvalue weighted by atomic mass is 35.5. The van der Waals surface area contributed by atoms with Gasteiger partial charge >= 0.3 is 0 Å². The van der Waals surface area contributed by atoms with Gasteiger partial charge in [0, 0.05) is 10.7 Å². The average Bonchev–Trinajstić information content (AvgIpc) is 2.71. The average molecular weight is 260 g/mol. The third-order valence-electron chi connectivity index (χ3n) is 2.47. The maximum absolute atomic E-state index is 5.94. The van der Waals surface area contributed by atoms with Crippen LogP contribution in [0.3, 0.4) is 0 Å². The zero-order valence-corrected chi connectivity index (χ0v) is 10.1. The highest BCUT2D eigenvalue weighted by Gasteiger charge is 2.04. The summed E-state index contributed by atoms with van der Waals surface area (Å²) in [6.07, 6.45) is 0. The van der Waals surface area contributed by atoms with Crippen molar-refractivity contribution in [2.45, 2.75) is 0 Å². The number of nitrogens with one attached hydrogen (secondary N) is 1. The third-order valence-corrected chi connectivity index (χ3v) is 2.71. The lowest BCUT2D eigenvalue weighted by Gasteiger charge is -2.07. The molecule has 1 aromatic carbocycles. The van der Waals surface area contributed by atoms with Gasteiger partial charge in [0.1, 0.15) is 5.82 Å². The Balaban J connectivity index is 2.04. The van der Waals surface area contributed by atoms with E-state index in [1.807, 2.05) is 42.5 Å². The summed E-state index contributed by atoms with van der Waals surface area (Å²) in [5.41, 5.74) is 7.16. The van der Waals surface area contributed by atoms with E-state index in [1.54, 1.807) is 4.52 Å². The number of hydrogen-bond donors (Lipinski definition) is 2. The van der Waals surface area contributed by atoms with Gasteiger partial charge in [0.25, 0.3) is 0 Å². The van der Waals surface area contributed by atoms with Gasteiger partial charge in [-0.2, -0.15) is 9.50 Å². The molecule has 0 radical (unpaired) electrons. The number of nitrogens with zero attached hydrogens (tertiary/aromatic N) is 3. The Morgan fingerprint density at radius 1 is 1.17 bits per heavy atom. The molecule has 0 saturated carbocycles. The Morgan fingerprint density at radius 3 is 2.83 bits per heavy atom. The van der Waals surface area contributed by atoms with E-state index in [-0.39, 0.29) is 5.95 Å². The summed E-state index contributed by atoms with van der Waals surface area (Å²) in [6.45, 7) is 0. The quantitative estimate of drug-likeness (QED) is 0.742. The molecule has 0 saturated heterocycles. The van der Waals surface area contributed by atoms with E-state index in [0.717, 1.165) is 11.5 Å². The Labute approximate surface area is 108 Å². The van der Waals surface area contributed by atoms with Crippen LogP contribution in [0.25, 0.3) is 5.65 Å². The Bertz CT molecular complexity index is 707. The largest absolute Gasteiger partial charge is 0.366 e. The number of rotatable bonds is 2. The van der Waals surface area contributed by atoms with Gasteiger partial charge in [-0.1, -0.05) is 23.7 Å². The molecular formula is C12H10ClN5. The van der Waals surface area contributed by atoms with Crippen LogP contribution >= 0.6 is 11.6 Å². The first-order valence-electron chi connectivity index (χ1n) is 5.36. The molecule has 0 unspecified atom stereocenters. The first-order chi connectivity index (χ1) is 8.72. The normalized spacial score (nSPS) is 10.7. The van der Waals surface area contributed by atoms with E-state index in [1.165, 1.54) is 0 Å². The van der Waals surface area contributed by atoms with E-state index in [2.05, 4.69) is 15.4 Å². The van der Waals surface area contributed by atoms with Crippen LogP contribution in [0.4, 0.5) is 17.5 Å². The first-order valence-corrected chi connectivity index (χ1v) is 5.74. The zero-order valence-electron chi connectivity index (χ0n) is 9.34. The SMILES string of the molecule is Nc1nc2cccc(Nc3cccc(Cl)c3)n2n1. The van der Waals surface area contributed by atoms with Crippen LogP contribution in [0.15, 0.2) is 42.5 Å². The predicted octanol–water partition coefficient (Wildman–Crippen LogP) is 2.71. The minimum atomic E-state index is 0.246. The molecule has 3 N–H and O–H groups in total. The maximum atomic E-state index is 5.94. The number of benzene rings is 1. The van der Waals surface area contributed by atoms with E-state index >= 15 is 0 Å². The summed E-state index contributed by atoms with van der Waals surface area (Å²) in [4.78, 5) is 4.10. The lowest BCUT2D eigenvalue weighted by Crippen LogP contribution is -1.99. The number of nitrogens with two attached hydrogens (primary N) is 1. The fourth-order valence-corrected chi connectivity index (χ4v) is 1.92. The molecular weight excluding hydrogens is 250 g/mol. The number of anilines is 3. The van der Waals surface area contributed by atoms with Gasteiger partial charge in [-0.3, -0.25) is 0 Å². The van der Waals surface area contributed by atoms with Crippen molar-refractivity contribution >= 4 is 34.7 Å². The summed E-state index contributed by atoms with van der Waals surface area (Å²) in [5, 5.41) is 8.01. The standard InChI is InChI=1S/C12H10ClN5/c13-8-3-1-4-9(7-8)15-10-5-2-6-11-16-12(14)17-18(10)11/h1-7,15H,(H2,14,17). The van der Waals surface area contributed by atoms with Gasteiger partial charge in [-0.25, -0.2) is 0 Å². The first kappa shape index (κ1) is 10.9. The molecule has 5 nitrogen and oxygen atoms in total. The minimum Gasteiger partial charge on any atom is -0.366 e. The van der Waals surface area contributed by atoms with E-state index in [9.17, 15) is 0 Å². The van der Waals surface area contributed by atoms with Crippen LogP contribution in [-0.4, -0.2) is 14.6 Å². The number of halogens is 1. The fraction of sp³-hybridized carbons (Fsp3) is 0. The van der Waals surface area contributed by atoms with Gasteiger partial charge in [-0.05, 0) is 30.3 Å². The molecule has 6 heteroatoms. The molecule has 0 fully saturated rings. The lowest BCUT2D eigenvalue weighted by molar-refractivity contribution is 0.975. The Kier molecular flexibility index (Phi) is 2.53. The van der Waals surface area contributed by atoms with Crippen molar-refractivity contribution < 1.29 is 0 Å². The summed E-state index contributed by atoms with van der Waals surface area (Å²) >= 11 is 5.94. The van der Waals surface area contributed by atoms with Crippen LogP contribution in [0.2, 0.25) is 5.02 Å². The molecule has 0 aliphatic rings. The predicted molar refractivity (Wildman–Crippen MR) is 72.1 cm³/mol. The van der Waals surface area contributed by atoms with Gasteiger partial charge in [0.05, 0.1) is 0 Å². The number of hydrogen-bond acceptors (Lipinski definition) is 4. The topological polar surface area (TPSA) is 68.2 Å². The second-order valence-electron chi connectivity index (χ2n) is 3.79. The maximum Gasteiger partial charge on any atom is 0.240 e.